The Morgan fingerprint density at radius 1 is 1.78 bits per heavy atom. The van der Waals surface area contributed by atoms with Gasteiger partial charge in [-0.15, -0.1) is 11.3 Å². The van der Waals surface area contributed by atoms with Crippen molar-refractivity contribution in [2.45, 2.75) is 25.4 Å². The second kappa shape index (κ2) is 5.64. The van der Waals surface area contributed by atoms with E-state index in [0.717, 1.165) is 19.6 Å². The highest BCUT2D eigenvalue weighted by molar-refractivity contribution is 7.13. The lowest BCUT2D eigenvalue weighted by molar-refractivity contribution is -0.138. The van der Waals surface area contributed by atoms with Crippen molar-refractivity contribution in [2.75, 3.05) is 18.5 Å². The largest absolute Gasteiger partial charge is 0.480 e. The maximum atomic E-state index is 10.7. The van der Waals surface area contributed by atoms with E-state index in [0.29, 0.717) is 16.7 Å². The Bertz CT molecular complexity index is 417. The standard InChI is InChI=1S/C11H17N3O3S/c1-6(7-2-3-17-4-7)13-11-14-8(5-18-11)9(12)10(15)16/h5-7,9H,2-4,12H2,1H3,(H,13,14)(H,15,16). The maximum Gasteiger partial charge on any atom is 0.326 e. The molecular formula is C11H17N3O3S. The van der Waals surface area contributed by atoms with Gasteiger partial charge in [-0.3, -0.25) is 4.79 Å². The minimum Gasteiger partial charge on any atom is -0.480 e. The van der Waals surface area contributed by atoms with Gasteiger partial charge in [0.2, 0.25) is 0 Å². The predicted octanol–water partition coefficient (Wildman–Crippen LogP) is 1.06. The zero-order chi connectivity index (χ0) is 13.1. The molecule has 1 aromatic rings. The Balaban J connectivity index is 1.95. The topological polar surface area (TPSA) is 97.5 Å². The first kappa shape index (κ1) is 13.3. The molecule has 1 saturated heterocycles. The molecule has 0 radical (unpaired) electrons. The van der Waals surface area contributed by atoms with E-state index in [9.17, 15) is 4.79 Å². The van der Waals surface area contributed by atoms with Crippen molar-refractivity contribution in [2.24, 2.45) is 11.7 Å². The third kappa shape index (κ3) is 2.98. The highest BCUT2D eigenvalue weighted by Crippen LogP contribution is 2.24. The van der Waals surface area contributed by atoms with E-state index in [2.05, 4.69) is 17.2 Å². The average Bonchev–Trinajstić information content (AvgIpc) is 2.98. The molecule has 7 heteroatoms. The molecule has 4 N–H and O–H groups in total. The number of carbonyl (C=O) groups is 1. The quantitative estimate of drug-likeness (QED) is 0.741. The van der Waals surface area contributed by atoms with Gasteiger partial charge in [0.1, 0.15) is 6.04 Å². The van der Waals surface area contributed by atoms with Gasteiger partial charge in [-0.25, -0.2) is 4.98 Å². The van der Waals surface area contributed by atoms with Crippen LogP contribution in [0.3, 0.4) is 0 Å². The molecular weight excluding hydrogens is 254 g/mol. The van der Waals surface area contributed by atoms with Crippen molar-refractivity contribution in [1.82, 2.24) is 4.98 Å². The molecule has 0 spiro atoms. The summed E-state index contributed by atoms with van der Waals surface area (Å²) in [5.41, 5.74) is 5.89. The number of rotatable bonds is 5. The molecule has 3 atom stereocenters. The van der Waals surface area contributed by atoms with E-state index >= 15 is 0 Å². The number of aliphatic carboxylic acids is 1. The van der Waals surface area contributed by atoms with Crippen molar-refractivity contribution in [3.8, 4) is 0 Å². The lowest BCUT2D eigenvalue weighted by Gasteiger charge is -2.18. The van der Waals surface area contributed by atoms with Crippen LogP contribution >= 0.6 is 11.3 Å². The molecule has 18 heavy (non-hydrogen) atoms. The van der Waals surface area contributed by atoms with Crippen LogP contribution in [0, 0.1) is 5.92 Å². The average molecular weight is 271 g/mol. The van der Waals surface area contributed by atoms with Crippen LogP contribution in [-0.2, 0) is 9.53 Å². The minimum atomic E-state index is -1.07. The summed E-state index contributed by atoms with van der Waals surface area (Å²) in [5.74, 6) is -0.588. The van der Waals surface area contributed by atoms with Crippen molar-refractivity contribution < 1.29 is 14.6 Å². The highest BCUT2D eigenvalue weighted by atomic mass is 32.1. The number of ether oxygens (including phenoxy) is 1. The van der Waals surface area contributed by atoms with Crippen LogP contribution in [0.5, 0.6) is 0 Å². The summed E-state index contributed by atoms with van der Waals surface area (Å²) >= 11 is 1.38. The lowest BCUT2D eigenvalue weighted by Crippen LogP contribution is -2.26. The summed E-state index contributed by atoms with van der Waals surface area (Å²) in [7, 11) is 0. The molecule has 1 fully saturated rings. The molecule has 6 nitrogen and oxygen atoms in total. The predicted molar refractivity (Wildman–Crippen MR) is 68.7 cm³/mol. The Morgan fingerprint density at radius 2 is 2.56 bits per heavy atom. The monoisotopic (exact) mass is 271 g/mol. The second-order valence-electron chi connectivity index (χ2n) is 4.45. The van der Waals surface area contributed by atoms with E-state index in [1.54, 1.807) is 5.38 Å². The fourth-order valence-electron chi connectivity index (χ4n) is 1.88. The first-order valence-corrected chi connectivity index (χ1v) is 6.74. The van der Waals surface area contributed by atoms with Crippen LogP contribution in [0.4, 0.5) is 5.13 Å². The molecule has 1 aliphatic rings. The molecule has 2 heterocycles. The number of nitrogens with two attached hydrogens (primary N) is 1. The molecule has 100 valence electrons. The number of thiazole rings is 1. The Morgan fingerprint density at radius 3 is 3.17 bits per heavy atom. The van der Waals surface area contributed by atoms with Crippen LogP contribution < -0.4 is 11.1 Å². The number of hydrogen-bond acceptors (Lipinski definition) is 6. The molecule has 0 aromatic carbocycles. The van der Waals surface area contributed by atoms with Crippen molar-refractivity contribution in [1.29, 1.82) is 0 Å². The van der Waals surface area contributed by atoms with Gasteiger partial charge < -0.3 is 20.9 Å². The van der Waals surface area contributed by atoms with Gasteiger partial charge in [0.05, 0.1) is 12.3 Å². The van der Waals surface area contributed by atoms with Crippen molar-refractivity contribution >= 4 is 22.4 Å². The van der Waals surface area contributed by atoms with Crippen LogP contribution in [0.25, 0.3) is 0 Å². The fourth-order valence-corrected chi connectivity index (χ4v) is 2.73. The molecule has 3 unspecified atom stereocenters. The fraction of sp³-hybridized carbons (Fsp3) is 0.636. The molecule has 1 aliphatic heterocycles. The maximum absolute atomic E-state index is 10.7. The molecule has 1 aromatic heterocycles. The summed E-state index contributed by atoms with van der Waals surface area (Å²) in [4.78, 5) is 14.9. The summed E-state index contributed by atoms with van der Waals surface area (Å²) in [6.45, 7) is 3.66. The number of nitrogens with zero attached hydrogens (tertiary/aromatic N) is 1. The molecule has 0 bridgehead atoms. The Labute approximate surface area is 109 Å². The van der Waals surface area contributed by atoms with E-state index in [-0.39, 0.29) is 6.04 Å². The zero-order valence-corrected chi connectivity index (χ0v) is 10.9. The summed E-state index contributed by atoms with van der Waals surface area (Å²) in [6, 6.07) is -0.797. The molecule has 0 saturated carbocycles. The SMILES string of the molecule is CC(Nc1nc(C(N)C(=O)O)cs1)C1CCOC1. The van der Waals surface area contributed by atoms with Gasteiger partial charge in [0.25, 0.3) is 0 Å². The highest BCUT2D eigenvalue weighted by Gasteiger charge is 2.23. The third-order valence-electron chi connectivity index (χ3n) is 3.13. The molecule has 0 aliphatic carbocycles. The summed E-state index contributed by atoms with van der Waals surface area (Å²) in [6.07, 6.45) is 1.04. The van der Waals surface area contributed by atoms with E-state index in [4.69, 9.17) is 15.6 Å². The van der Waals surface area contributed by atoms with Gasteiger partial charge in [0.15, 0.2) is 5.13 Å². The Kier molecular flexibility index (Phi) is 4.15. The van der Waals surface area contributed by atoms with Crippen LogP contribution in [0.1, 0.15) is 25.1 Å². The van der Waals surface area contributed by atoms with Crippen LogP contribution in [0.15, 0.2) is 5.38 Å². The smallest absolute Gasteiger partial charge is 0.326 e. The minimum absolute atomic E-state index is 0.257. The number of carboxylic acids is 1. The first-order valence-electron chi connectivity index (χ1n) is 5.86. The number of anilines is 1. The normalized spacial score (nSPS) is 22.7. The Hall–Kier alpha value is -1.18. The second-order valence-corrected chi connectivity index (χ2v) is 5.31. The van der Waals surface area contributed by atoms with Gasteiger partial charge in [-0.1, -0.05) is 0 Å². The van der Waals surface area contributed by atoms with Crippen LogP contribution in [-0.4, -0.2) is 35.3 Å². The molecule has 0 amide bonds. The zero-order valence-electron chi connectivity index (χ0n) is 10.1. The number of carboxylic acid groups (broad SMARTS) is 1. The van der Waals surface area contributed by atoms with Gasteiger partial charge in [-0.05, 0) is 13.3 Å². The van der Waals surface area contributed by atoms with E-state index in [1.807, 2.05) is 0 Å². The lowest BCUT2D eigenvalue weighted by atomic mass is 10.0. The third-order valence-corrected chi connectivity index (χ3v) is 3.92. The number of hydrogen-bond donors (Lipinski definition) is 3. The van der Waals surface area contributed by atoms with Crippen molar-refractivity contribution in [3.05, 3.63) is 11.1 Å². The van der Waals surface area contributed by atoms with Crippen LogP contribution in [0.2, 0.25) is 0 Å². The molecule has 2 rings (SSSR count). The number of nitrogens with one attached hydrogen (secondary N) is 1. The van der Waals surface area contributed by atoms with E-state index in [1.165, 1.54) is 11.3 Å². The summed E-state index contributed by atoms with van der Waals surface area (Å²) in [5, 5.41) is 14.5. The summed E-state index contributed by atoms with van der Waals surface area (Å²) < 4.78 is 5.34. The first-order chi connectivity index (χ1) is 8.58. The number of aromatic nitrogens is 1. The van der Waals surface area contributed by atoms with Gasteiger partial charge in [-0.2, -0.15) is 0 Å². The van der Waals surface area contributed by atoms with Gasteiger partial charge in [0, 0.05) is 23.9 Å². The van der Waals surface area contributed by atoms with Crippen molar-refractivity contribution in [3.63, 3.8) is 0 Å². The van der Waals surface area contributed by atoms with E-state index < -0.39 is 12.0 Å². The van der Waals surface area contributed by atoms with Gasteiger partial charge >= 0.3 is 5.97 Å².